The third-order valence-electron chi connectivity index (χ3n) is 8.79. The van der Waals surface area contributed by atoms with E-state index in [0.717, 1.165) is 49.4 Å². The molecule has 27 nitrogen and oxygen atoms in total. The summed E-state index contributed by atoms with van der Waals surface area (Å²) in [5.74, 6) is -3.08. The van der Waals surface area contributed by atoms with Crippen molar-refractivity contribution in [3.05, 3.63) is 94.1 Å². The zero-order chi connectivity index (χ0) is 50.1. The van der Waals surface area contributed by atoms with E-state index in [1.54, 1.807) is 0 Å². The highest BCUT2D eigenvalue weighted by Crippen LogP contribution is 2.41. The van der Waals surface area contributed by atoms with E-state index in [1.807, 2.05) is 0 Å². The summed E-state index contributed by atoms with van der Waals surface area (Å²) >= 11 is 6.11. The maximum Gasteiger partial charge on any atom is 0.302 e. The van der Waals surface area contributed by atoms with Gasteiger partial charge in [0, 0.05) is 18.3 Å². The number of azo groups is 1. The number of anilines is 6. The Hall–Kier alpha value is -6.88. The Labute approximate surface area is 389 Å². The third kappa shape index (κ3) is 12.0. The number of carbonyl (C=O) groups excluding carboxylic acids is 2. The lowest BCUT2D eigenvalue weighted by Crippen LogP contribution is -2.28. The number of ether oxygens (including phenoxy) is 1. The van der Waals surface area contributed by atoms with Crippen LogP contribution in [0.25, 0.3) is 6.08 Å². The van der Waals surface area contributed by atoms with Gasteiger partial charge in [-0.2, -0.15) is 58.8 Å². The van der Waals surface area contributed by atoms with Crippen LogP contribution in [0.3, 0.4) is 0 Å². The number of hydrogen-bond donors (Lipinski definition) is 8. The molecule has 1 aliphatic rings. The van der Waals surface area contributed by atoms with Crippen LogP contribution >= 0.6 is 11.6 Å². The number of benzene rings is 4. The summed E-state index contributed by atoms with van der Waals surface area (Å²) in [7, 11) is -24.4. The van der Waals surface area contributed by atoms with Crippen molar-refractivity contribution in [3.8, 4) is 0 Å². The molecule has 0 radical (unpaired) electrons. The number of rotatable bonds is 16. The lowest BCUT2D eigenvalue weighted by atomic mass is 9.92. The zero-order valence-electron chi connectivity index (χ0n) is 33.7. The van der Waals surface area contributed by atoms with Crippen molar-refractivity contribution in [3.63, 3.8) is 0 Å². The van der Waals surface area contributed by atoms with Gasteiger partial charge in [0.1, 0.15) is 27.0 Å². The van der Waals surface area contributed by atoms with Gasteiger partial charge < -0.3 is 21.1 Å². The number of esters is 1. The molecule has 0 amide bonds. The summed E-state index contributed by atoms with van der Waals surface area (Å²) < 4.78 is 167. The molecule has 4 aromatic carbocycles. The van der Waals surface area contributed by atoms with Gasteiger partial charge in [-0.25, -0.2) is 8.42 Å². The predicted molar refractivity (Wildman–Crippen MR) is 239 cm³/mol. The third-order valence-corrected chi connectivity index (χ3v) is 14.2. The first kappa shape index (κ1) is 50.5. The number of nitrogens with one attached hydrogen (secondary N) is 3. The first-order valence-electron chi connectivity index (χ1n) is 18.1. The number of allylic oxidation sites excluding steroid dienone is 1. The molecular weight excluding hydrogens is 1030 g/mol. The largest absolute Gasteiger partial charge is 0.465 e. The van der Waals surface area contributed by atoms with Crippen molar-refractivity contribution in [1.29, 1.82) is 0 Å². The van der Waals surface area contributed by atoms with E-state index in [9.17, 15) is 69.9 Å². The van der Waals surface area contributed by atoms with Crippen LogP contribution in [0.4, 0.5) is 46.0 Å². The second-order valence-corrected chi connectivity index (χ2v) is 21.5. The maximum atomic E-state index is 14.0. The van der Waals surface area contributed by atoms with E-state index in [0.29, 0.717) is 12.1 Å². The van der Waals surface area contributed by atoms with Crippen LogP contribution in [0.15, 0.2) is 113 Å². The van der Waals surface area contributed by atoms with Gasteiger partial charge in [0.05, 0.1) is 38.2 Å². The fourth-order valence-electron chi connectivity index (χ4n) is 5.81. The quantitative estimate of drug-likeness (QED) is 0.0228. The highest BCUT2D eigenvalue weighted by Gasteiger charge is 2.37. The molecule has 0 atom stereocenters. The molecule has 33 heteroatoms. The van der Waals surface area contributed by atoms with E-state index in [1.165, 1.54) is 24.3 Å². The van der Waals surface area contributed by atoms with E-state index >= 15 is 0 Å². The SMILES string of the molecule is CC(=O)OCCS(=O)(=O)c1ccc(Nc2nc(Cl)nc(Nc3ccc(S(=O)(=O)O)c(N/N=C4/C(=O)c5c(cc(S(=O)(=O)O)c(N=Nc6ccc(S(=O)(=O)O)cc6)c5N)C=C4S(=O)(=O)O)c3)n2)cc1. The number of ketones is 1. The molecule has 358 valence electrons. The van der Waals surface area contributed by atoms with Crippen molar-refractivity contribution < 1.29 is 74.6 Å². The molecule has 1 aromatic heterocycles. The molecule has 1 aliphatic carbocycles. The fraction of sp³-hybridized carbons (Fsp3) is 0.0857. The minimum atomic E-state index is -5.47. The smallest absolute Gasteiger partial charge is 0.302 e. The first-order chi connectivity index (χ1) is 31.5. The Kier molecular flexibility index (Phi) is 14.1. The van der Waals surface area contributed by atoms with Crippen molar-refractivity contribution in [2.75, 3.05) is 34.2 Å². The van der Waals surface area contributed by atoms with Crippen LogP contribution in [-0.4, -0.2) is 105 Å². The first-order valence-corrected chi connectivity index (χ1v) is 25.8. The Morgan fingerprint density at radius 3 is 1.85 bits per heavy atom. The van der Waals surface area contributed by atoms with Crippen molar-refractivity contribution in [1.82, 2.24) is 15.0 Å². The molecule has 0 saturated carbocycles. The molecule has 0 fully saturated rings. The van der Waals surface area contributed by atoms with Crippen LogP contribution < -0.4 is 21.8 Å². The summed E-state index contributed by atoms with van der Waals surface area (Å²) in [6.45, 7) is 0.777. The summed E-state index contributed by atoms with van der Waals surface area (Å²) in [6, 6.07) is 12.5. The molecule has 0 unspecified atom stereocenters. The molecule has 1 heterocycles. The molecule has 0 bridgehead atoms. The number of nitrogen functional groups attached to an aromatic ring is 1. The Balaban J connectivity index is 1.33. The highest BCUT2D eigenvalue weighted by atomic mass is 35.5. The number of hydrazone groups is 1. The highest BCUT2D eigenvalue weighted by molar-refractivity contribution is 7.91. The predicted octanol–water partition coefficient (Wildman–Crippen LogP) is 3.98. The van der Waals surface area contributed by atoms with Gasteiger partial charge in [-0.1, -0.05) is 0 Å². The van der Waals surface area contributed by atoms with Crippen molar-refractivity contribution in [2.24, 2.45) is 15.3 Å². The molecule has 0 aliphatic heterocycles. The molecule has 0 spiro atoms. The van der Waals surface area contributed by atoms with Gasteiger partial charge in [-0.05, 0) is 96.0 Å². The number of nitrogens with two attached hydrogens (primary N) is 1. The number of fused-ring (bicyclic) bond motifs is 1. The van der Waals surface area contributed by atoms with Gasteiger partial charge >= 0.3 is 5.97 Å². The van der Waals surface area contributed by atoms with E-state index in [-0.39, 0.29) is 40.5 Å². The van der Waals surface area contributed by atoms with Crippen LogP contribution in [0.5, 0.6) is 0 Å². The molecule has 5 aromatic rings. The van der Waals surface area contributed by atoms with Crippen LogP contribution in [0.2, 0.25) is 5.28 Å². The molecular formula is C35H29ClN10O17S5. The van der Waals surface area contributed by atoms with Gasteiger partial charge in [-0.15, -0.1) is 5.11 Å². The fourth-order valence-corrected chi connectivity index (χ4v) is 9.49. The van der Waals surface area contributed by atoms with E-state index in [2.05, 4.69) is 46.3 Å². The topological polar surface area (TPSA) is 433 Å². The van der Waals surface area contributed by atoms with Crippen LogP contribution in [0.1, 0.15) is 22.8 Å². The second kappa shape index (κ2) is 19.0. The Morgan fingerprint density at radius 2 is 1.29 bits per heavy atom. The van der Waals surface area contributed by atoms with Crippen LogP contribution in [-0.2, 0) is 59.8 Å². The summed E-state index contributed by atoms with van der Waals surface area (Å²) in [4.78, 5) is 33.1. The van der Waals surface area contributed by atoms with Gasteiger partial charge in [0.25, 0.3) is 40.5 Å². The lowest BCUT2D eigenvalue weighted by molar-refractivity contribution is -0.140. The number of Topliss-reactive ketones (excluding diaryl/α,β-unsaturated/α-hetero) is 1. The molecule has 0 saturated heterocycles. The minimum Gasteiger partial charge on any atom is -0.465 e. The number of sulfone groups is 1. The number of nitrogens with zero attached hydrogens (tertiary/aromatic N) is 6. The van der Waals surface area contributed by atoms with E-state index in [4.69, 9.17) is 22.1 Å². The monoisotopic (exact) mass is 1060 g/mol. The maximum absolute atomic E-state index is 14.0. The zero-order valence-corrected chi connectivity index (χ0v) is 38.5. The van der Waals surface area contributed by atoms with Gasteiger partial charge in [0.2, 0.25) is 23.0 Å². The Morgan fingerprint density at radius 1 is 0.721 bits per heavy atom. The molecule has 9 N–H and O–H groups in total. The number of hydrogen-bond acceptors (Lipinski definition) is 23. The van der Waals surface area contributed by atoms with Crippen molar-refractivity contribution in [2.45, 2.75) is 26.5 Å². The lowest BCUT2D eigenvalue weighted by Gasteiger charge is -2.20. The summed E-state index contributed by atoms with van der Waals surface area (Å²) in [5.41, 5.74) is 3.38. The second-order valence-electron chi connectivity index (χ2n) is 13.5. The number of halogens is 1. The summed E-state index contributed by atoms with van der Waals surface area (Å²) in [6.07, 6.45) is 0.537. The Bertz CT molecular complexity index is 3600. The minimum absolute atomic E-state index is 0.0871. The average Bonchev–Trinajstić information content (AvgIpc) is 3.21. The average molecular weight is 1060 g/mol. The number of carbonyl (C=O) groups is 2. The summed E-state index contributed by atoms with van der Waals surface area (Å²) in [5, 5.41) is 16.2. The van der Waals surface area contributed by atoms with Gasteiger partial charge in [-0.3, -0.25) is 33.2 Å². The van der Waals surface area contributed by atoms with Crippen LogP contribution in [0, 0.1) is 0 Å². The van der Waals surface area contributed by atoms with Gasteiger partial charge in [0.15, 0.2) is 15.5 Å². The molecule has 68 heavy (non-hydrogen) atoms. The standard InChI is InChI=1S/C35H29ClN10O17S5/c1-17(47)63-12-13-64(49,50)22-7-2-19(3-8-22)38-34-40-33(36)41-35(42-34)39-21-6-11-25(66(54,55)56)24(16-21)44-46-31-27(68(60,61)62)15-18-14-26(67(57,58)59)30(29(37)28(18)32(31)48)45-43-20-4-9-23(10-5-20)65(51,52)53/h2-11,14-16,44H,12-13,37H2,1H3,(H,51,52,53)(H,54,55,56)(H,57,58,59)(H,60,61,62)(H2,38,39,40,41,42)/b45-43?,46-31+. The normalized spacial score (nSPS) is 14.1. The number of aromatic nitrogens is 3. The van der Waals surface area contributed by atoms with E-state index < -0.39 is 127 Å². The van der Waals surface area contributed by atoms with Crippen molar-refractivity contribution >= 4 is 131 Å². The molecule has 6 rings (SSSR count).